The first kappa shape index (κ1) is 13.2. The summed E-state index contributed by atoms with van der Waals surface area (Å²) >= 11 is 0. The molecule has 1 nitrogen and oxygen atoms in total. The highest BCUT2D eigenvalue weighted by molar-refractivity contribution is 5.17. The molecule has 0 bridgehead atoms. The monoisotopic (exact) mass is 219 g/mol. The molecule has 0 fully saturated rings. The number of hydrogen-bond acceptors (Lipinski definition) is 1. The first-order valence-corrected chi connectivity index (χ1v) is 6.42. The van der Waals surface area contributed by atoms with E-state index in [4.69, 9.17) is 5.73 Å². The topological polar surface area (TPSA) is 26.0 Å². The predicted octanol–water partition coefficient (Wildman–Crippen LogP) is 3.77. The summed E-state index contributed by atoms with van der Waals surface area (Å²) in [6.07, 6.45) is 4.38. The van der Waals surface area contributed by atoms with Gasteiger partial charge in [-0.25, -0.2) is 0 Å². The lowest BCUT2D eigenvalue weighted by molar-refractivity contribution is 0.311. The Labute approximate surface area is 100 Å². The van der Waals surface area contributed by atoms with Crippen LogP contribution in [0.5, 0.6) is 0 Å². The van der Waals surface area contributed by atoms with E-state index in [1.807, 2.05) is 0 Å². The van der Waals surface area contributed by atoms with Gasteiger partial charge in [-0.1, -0.05) is 57.5 Å². The zero-order valence-corrected chi connectivity index (χ0v) is 10.9. The maximum absolute atomic E-state index is 6.51. The SMILES string of the molecule is CCC(C)CC(N)(CC)Cc1ccccc1. The Hall–Kier alpha value is -0.820. The number of nitrogens with two attached hydrogens (primary N) is 1. The van der Waals surface area contributed by atoms with Crippen LogP contribution in [0.15, 0.2) is 30.3 Å². The minimum absolute atomic E-state index is 0.0310. The van der Waals surface area contributed by atoms with Crippen LogP contribution in [0, 0.1) is 5.92 Å². The first-order chi connectivity index (χ1) is 7.59. The van der Waals surface area contributed by atoms with Crippen LogP contribution in [0.2, 0.25) is 0 Å². The van der Waals surface area contributed by atoms with Gasteiger partial charge in [0.05, 0.1) is 0 Å². The summed E-state index contributed by atoms with van der Waals surface area (Å²) in [7, 11) is 0. The molecule has 0 spiro atoms. The third-order valence-corrected chi connectivity index (χ3v) is 3.56. The van der Waals surface area contributed by atoms with Gasteiger partial charge >= 0.3 is 0 Å². The molecule has 1 aromatic carbocycles. The number of rotatable bonds is 6. The highest BCUT2D eigenvalue weighted by Gasteiger charge is 2.24. The van der Waals surface area contributed by atoms with Crippen LogP contribution in [-0.2, 0) is 6.42 Å². The zero-order chi connectivity index (χ0) is 12.0. The predicted molar refractivity (Wildman–Crippen MR) is 71.4 cm³/mol. The van der Waals surface area contributed by atoms with Crippen LogP contribution in [0.4, 0.5) is 0 Å². The van der Waals surface area contributed by atoms with Crippen molar-refractivity contribution in [2.75, 3.05) is 0 Å². The minimum Gasteiger partial charge on any atom is -0.325 e. The average Bonchev–Trinajstić information content (AvgIpc) is 2.30. The molecule has 1 heteroatoms. The Balaban J connectivity index is 2.66. The highest BCUT2D eigenvalue weighted by Crippen LogP contribution is 2.24. The fraction of sp³-hybridized carbons (Fsp3) is 0.600. The van der Waals surface area contributed by atoms with Crippen molar-refractivity contribution in [3.8, 4) is 0 Å². The Kier molecular flexibility index (Phi) is 5.01. The Morgan fingerprint density at radius 1 is 1.19 bits per heavy atom. The summed E-state index contributed by atoms with van der Waals surface area (Å²) in [5, 5.41) is 0. The smallest absolute Gasteiger partial charge is 0.0195 e. The maximum Gasteiger partial charge on any atom is 0.0195 e. The molecule has 0 heterocycles. The molecule has 0 aromatic heterocycles. The molecule has 0 saturated carbocycles. The lowest BCUT2D eigenvalue weighted by atomic mass is 9.81. The van der Waals surface area contributed by atoms with Crippen LogP contribution in [0.1, 0.15) is 45.6 Å². The second-order valence-corrected chi connectivity index (χ2v) is 5.10. The summed E-state index contributed by atoms with van der Waals surface area (Å²) in [5.41, 5.74) is 7.83. The van der Waals surface area contributed by atoms with Gasteiger partial charge in [0, 0.05) is 5.54 Å². The van der Waals surface area contributed by atoms with Gasteiger partial charge in [0.2, 0.25) is 0 Å². The molecule has 0 radical (unpaired) electrons. The van der Waals surface area contributed by atoms with Crippen LogP contribution >= 0.6 is 0 Å². The van der Waals surface area contributed by atoms with Crippen LogP contribution in [-0.4, -0.2) is 5.54 Å². The van der Waals surface area contributed by atoms with Crippen molar-refractivity contribution < 1.29 is 0 Å². The van der Waals surface area contributed by atoms with Gasteiger partial charge in [-0.15, -0.1) is 0 Å². The Bertz CT molecular complexity index is 294. The molecule has 2 N–H and O–H groups in total. The van der Waals surface area contributed by atoms with Crippen molar-refractivity contribution >= 4 is 0 Å². The van der Waals surface area contributed by atoms with Gasteiger partial charge in [-0.05, 0) is 30.7 Å². The van der Waals surface area contributed by atoms with Crippen molar-refractivity contribution in [1.82, 2.24) is 0 Å². The molecule has 0 saturated heterocycles. The Morgan fingerprint density at radius 3 is 2.31 bits per heavy atom. The molecule has 1 aromatic rings. The molecule has 1 rings (SSSR count). The Morgan fingerprint density at radius 2 is 1.81 bits per heavy atom. The molecular weight excluding hydrogens is 194 g/mol. The van der Waals surface area contributed by atoms with E-state index in [1.165, 1.54) is 12.0 Å². The molecule has 16 heavy (non-hydrogen) atoms. The summed E-state index contributed by atoms with van der Waals surface area (Å²) < 4.78 is 0. The molecule has 0 amide bonds. The first-order valence-electron chi connectivity index (χ1n) is 6.42. The summed E-state index contributed by atoms with van der Waals surface area (Å²) in [6, 6.07) is 10.6. The van der Waals surface area contributed by atoms with E-state index in [1.54, 1.807) is 0 Å². The van der Waals surface area contributed by atoms with Crippen LogP contribution in [0.3, 0.4) is 0 Å². The van der Waals surface area contributed by atoms with Crippen molar-refractivity contribution in [3.05, 3.63) is 35.9 Å². The van der Waals surface area contributed by atoms with Crippen molar-refractivity contribution in [2.45, 2.75) is 52.0 Å². The van der Waals surface area contributed by atoms with Crippen molar-refractivity contribution in [1.29, 1.82) is 0 Å². The molecule has 2 atom stereocenters. The summed E-state index contributed by atoms with van der Waals surface area (Å²) in [4.78, 5) is 0. The quantitative estimate of drug-likeness (QED) is 0.774. The van der Waals surface area contributed by atoms with Crippen LogP contribution < -0.4 is 5.73 Å². The summed E-state index contributed by atoms with van der Waals surface area (Å²) in [6.45, 7) is 6.73. The van der Waals surface area contributed by atoms with Gasteiger partial charge < -0.3 is 5.73 Å². The van der Waals surface area contributed by atoms with Crippen LogP contribution in [0.25, 0.3) is 0 Å². The van der Waals surface area contributed by atoms with Gasteiger partial charge in [-0.2, -0.15) is 0 Å². The largest absolute Gasteiger partial charge is 0.325 e. The fourth-order valence-corrected chi connectivity index (χ4v) is 2.18. The molecule has 0 aliphatic heterocycles. The third kappa shape index (κ3) is 3.97. The fourth-order valence-electron chi connectivity index (χ4n) is 2.18. The third-order valence-electron chi connectivity index (χ3n) is 3.56. The summed E-state index contributed by atoms with van der Waals surface area (Å²) in [5.74, 6) is 0.716. The zero-order valence-electron chi connectivity index (χ0n) is 10.9. The normalized spacial score (nSPS) is 16.8. The molecular formula is C15H25N. The van der Waals surface area contributed by atoms with E-state index < -0.39 is 0 Å². The average molecular weight is 219 g/mol. The minimum atomic E-state index is -0.0310. The van der Waals surface area contributed by atoms with E-state index in [-0.39, 0.29) is 5.54 Å². The second-order valence-electron chi connectivity index (χ2n) is 5.10. The van der Waals surface area contributed by atoms with Gasteiger partial charge in [0.15, 0.2) is 0 Å². The van der Waals surface area contributed by atoms with E-state index in [0.29, 0.717) is 5.92 Å². The maximum atomic E-state index is 6.51. The lowest BCUT2D eigenvalue weighted by Crippen LogP contribution is -2.42. The molecule has 2 unspecified atom stereocenters. The van der Waals surface area contributed by atoms with E-state index >= 15 is 0 Å². The second kappa shape index (κ2) is 6.05. The number of hydrogen-bond donors (Lipinski definition) is 1. The highest BCUT2D eigenvalue weighted by atomic mass is 14.7. The molecule has 0 aliphatic carbocycles. The molecule has 0 aliphatic rings. The van der Waals surface area contributed by atoms with Gasteiger partial charge in [0.1, 0.15) is 0 Å². The molecule has 90 valence electrons. The van der Waals surface area contributed by atoms with Crippen molar-refractivity contribution in [3.63, 3.8) is 0 Å². The van der Waals surface area contributed by atoms with E-state index in [9.17, 15) is 0 Å². The van der Waals surface area contributed by atoms with E-state index in [0.717, 1.165) is 19.3 Å². The standard InChI is InChI=1S/C15H25N/c1-4-13(3)11-15(16,5-2)12-14-9-7-6-8-10-14/h6-10,13H,4-5,11-12,16H2,1-3H3. The van der Waals surface area contributed by atoms with E-state index in [2.05, 4.69) is 51.1 Å². The number of benzene rings is 1. The lowest BCUT2D eigenvalue weighted by Gasteiger charge is -2.31. The van der Waals surface area contributed by atoms with Gasteiger partial charge in [-0.3, -0.25) is 0 Å². The van der Waals surface area contributed by atoms with Crippen molar-refractivity contribution in [2.24, 2.45) is 11.7 Å². The van der Waals surface area contributed by atoms with Gasteiger partial charge in [0.25, 0.3) is 0 Å².